The van der Waals surface area contributed by atoms with Gasteiger partial charge in [-0.15, -0.1) is 0 Å². The summed E-state index contributed by atoms with van der Waals surface area (Å²) in [5.41, 5.74) is 2.13. The van der Waals surface area contributed by atoms with Gasteiger partial charge in [0.15, 0.2) is 0 Å². The molecule has 62 valence electrons. The minimum absolute atomic E-state index is 0.305. The molecule has 0 aliphatic carbocycles. The molecule has 0 amide bonds. The molecule has 0 atom stereocenters. The summed E-state index contributed by atoms with van der Waals surface area (Å²) in [5, 5.41) is 0. The SMILES string of the molecule is C=C/C=C(/C)CC(=C)CCF. The highest BCUT2D eigenvalue weighted by atomic mass is 19.1. The first kappa shape index (κ1) is 10.2. The Kier molecular flexibility index (Phi) is 5.44. The van der Waals surface area contributed by atoms with Crippen molar-refractivity contribution in [3.05, 3.63) is 36.5 Å². The Hall–Kier alpha value is -0.850. The maximum absolute atomic E-state index is 11.8. The first-order chi connectivity index (χ1) is 5.20. The molecule has 0 spiro atoms. The Morgan fingerprint density at radius 2 is 2.18 bits per heavy atom. The molecule has 1 heteroatoms. The average Bonchev–Trinajstić information content (AvgIpc) is 1.87. The molecule has 0 radical (unpaired) electrons. The second-order valence-corrected chi connectivity index (χ2v) is 2.61. The van der Waals surface area contributed by atoms with Crippen molar-refractivity contribution in [1.29, 1.82) is 0 Å². The van der Waals surface area contributed by atoms with E-state index < -0.39 is 0 Å². The fourth-order valence-corrected chi connectivity index (χ4v) is 0.876. The Morgan fingerprint density at radius 3 is 2.64 bits per heavy atom. The number of alkyl halides is 1. The molecule has 0 N–H and O–H groups in total. The second-order valence-electron chi connectivity index (χ2n) is 2.61. The molecule has 0 aromatic carbocycles. The molecule has 11 heavy (non-hydrogen) atoms. The molecule has 0 heterocycles. The summed E-state index contributed by atoms with van der Waals surface area (Å²) >= 11 is 0. The van der Waals surface area contributed by atoms with Gasteiger partial charge in [0, 0.05) is 0 Å². The van der Waals surface area contributed by atoms with E-state index in [0.29, 0.717) is 6.42 Å². The summed E-state index contributed by atoms with van der Waals surface area (Å²) < 4.78 is 11.8. The molecular formula is C10H15F. The van der Waals surface area contributed by atoms with E-state index in [4.69, 9.17) is 0 Å². The zero-order valence-corrected chi connectivity index (χ0v) is 7.07. The van der Waals surface area contributed by atoms with Crippen LogP contribution >= 0.6 is 0 Å². The van der Waals surface area contributed by atoms with E-state index in [2.05, 4.69) is 13.2 Å². The first-order valence-corrected chi connectivity index (χ1v) is 3.71. The summed E-state index contributed by atoms with van der Waals surface area (Å²) in [5.74, 6) is 0. The molecule has 0 fully saturated rings. The molecular weight excluding hydrogens is 139 g/mol. The lowest BCUT2D eigenvalue weighted by atomic mass is 10.1. The summed E-state index contributed by atoms with van der Waals surface area (Å²) in [6, 6.07) is 0. The van der Waals surface area contributed by atoms with Gasteiger partial charge in [0.25, 0.3) is 0 Å². The van der Waals surface area contributed by atoms with Crippen molar-refractivity contribution in [3.8, 4) is 0 Å². The third-order valence-corrected chi connectivity index (χ3v) is 1.38. The van der Waals surface area contributed by atoms with E-state index in [-0.39, 0.29) is 6.67 Å². The Morgan fingerprint density at radius 1 is 1.55 bits per heavy atom. The van der Waals surface area contributed by atoms with Crippen LogP contribution in [0, 0.1) is 0 Å². The first-order valence-electron chi connectivity index (χ1n) is 3.71. The lowest BCUT2D eigenvalue weighted by Crippen LogP contribution is -1.85. The molecule has 0 aromatic heterocycles. The van der Waals surface area contributed by atoms with Crippen LogP contribution in [0.4, 0.5) is 4.39 Å². The highest BCUT2D eigenvalue weighted by molar-refractivity contribution is 5.15. The Labute approximate surface area is 68.1 Å². The minimum atomic E-state index is -0.305. The van der Waals surface area contributed by atoms with Crippen LogP contribution in [0.15, 0.2) is 36.5 Å². The predicted octanol–water partition coefficient (Wildman–Crippen LogP) is 3.42. The second kappa shape index (κ2) is 5.90. The van der Waals surface area contributed by atoms with Crippen LogP contribution in [0.25, 0.3) is 0 Å². The minimum Gasteiger partial charge on any atom is -0.251 e. The Bertz CT molecular complexity index is 166. The third-order valence-electron chi connectivity index (χ3n) is 1.38. The lowest BCUT2D eigenvalue weighted by molar-refractivity contribution is 0.492. The van der Waals surface area contributed by atoms with Crippen LogP contribution in [0.1, 0.15) is 19.8 Å². The average molecular weight is 154 g/mol. The van der Waals surface area contributed by atoms with Crippen molar-refractivity contribution in [2.75, 3.05) is 6.67 Å². The molecule has 0 nitrogen and oxygen atoms in total. The monoisotopic (exact) mass is 154 g/mol. The summed E-state index contributed by atoms with van der Waals surface area (Å²) in [6.07, 6.45) is 4.92. The van der Waals surface area contributed by atoms with Gasteiger partial charge in [-0.1, -0.05) is 36.5 Å². The third kappa shape index (κ3) is 5.59. The number of halogens is 1. The number of hydrogen-bond acceptors (Lipinski definition) is 0. The quantitative estimate of drug-likeness (QED) is 0.420. The maximum Gasteiger partial charge on any atom is 0.0931 e. The topological polar surface area (TPSA) is 0 Å². The predicted molar refractivity (Wildman–Crippen MR) is 48.3 cm³/mol. The molecule has 0 saturated heterocycles. The summed E-state index contributed by atoms with van der Waals surface area (Å²) in [6.45, 7) is 9.01. The van der Waals surface area contributed by atoms with E-state index >= 15 is 0 Å². The highest BCUT2D eigenvalue weighted by Crippen LogP contribution is 2.11. The van der Waals surface area contributed by atoms with Crippen molar-refractivity contribution in [3.63, 3.8) is 0 Å². The van der Waals surface area contributed by atoms with Crippen LogP contribution in [-0.4, -0.2) is 6.67 Å². The van der Waals surface area contributed by atoms with Gasteiger partial charge in [0.1, 0.15) is 0 Å². The molecule has 0 aliphatic heterocycles. The molecule has 0 aliphatic rings. The largest absolute Gasteiger partial charge is 0.251 e. The van der Waals surface area contributed by atoms with E-state index in [0.717, 1.165) is 12.0 Å². The highest BCUT2D eigenvalue weighted by Gasteiger charge is 1.94. The molecule has 0 aromatic rings. The van der Waals surface area contributed by atoms with Gasteiger partial charge in [-0.25, -0.2) is 0 Å². The van der Waals surface area contributed by atoms with Gasteiger partial charge in [0.05, 0.1) is 6.67 Å². The van der Waals surface area contributed by atoms with Crippen LogP contribution in [0.3, 0.4) is 0 Å². The maximum atomic E-state index is 11.8. The summed E-state index contributed by atoms with van der Waals surface area (Å²) in [4.78, 5) is 0. The van der Waals surface area contributed by atoms with E-state index in [1.54, 1.807) is 6.08 Å². The zero-order chi connectivity index (χ0) is 8.69. The van der Waals surface area contributed by atoms with Crippen molar-refractivity contribution >= 4 is 0 Å². The molecule has 0 saturated carbocycles. The summed E-state index contributed by atoms with van der Waals surface area (Å²) in [7, 11) is 0. The van der Waals surface area contributed by atoms with Gasteiger partial charge in [-0.05, 0) is 19.8 Å². The van der Waals surface area contributed by atoms with Gasteiger partial charge in [0.2, 0.25) is 0 Å². The Balaban J connectivity index is 3.74. The number of allylic oxidation sites excluding steroid dienone is 4. The standard InChI is InChI=1S/C10H15F/c1-4-5-9(2)8-10(3)6-7-11/h4-5H,1,3,6-8H2,2H3/b9-5-. The molecule has 0 bridgehead atoms. The van der Waals surface area contributed by atoms with Crippen LogP contribution in [0.2, 0.25) is 0 Å². The van der Waals surface area contributed by atoms with Crippen LogP contribution < -0.4 is 0 Å². The van der Waals surface area contributed by atoms with Gasteiger partial charge in [-0.3, -0.25) is 4.39 Å². The fourth-order valence-electron chi connectivity index (χ4n) is 0.876. The van der Waals surface area contributed by atoms with Crippen molar-refractivity contribution in [2.24, 2.45) is 0 Å². The van der Waals surface area contributed by atoms with Crippen LogP contribution in [-0.2, 0) is 0 Å². The number of rotatable bonds is 5. The van der Waals surface area contributed by atoms with Crippen molar-refractivity contribution in [1.82, 2.24) is 0 Å². The fraction of sp³-hybridized carbons (Fsp3) is 0.400. The van der Waals surface area contributed by atoms with Crippen LogP contribution in [0.5, 0.6) is 0 Å². The number of hydrogen-bond donors (Lipinski definition) is 0. The smallest absolute Gasteiger partial charge is 0.0931 e. The van der Waals surface area contributed by atoms with E-state index in [1.165, 1.54) is 5.57 Å². The van der Waals surface area contributed by atoms with Gasteiger partial charge < -0.3 is 0 Å². The lowest BCUT2D eigenvalue weighted by Gasteiger charge is -2.01. The van der Waals surface area contributed by atoms with Crippen molar-refractivity contribution in [2.45, 2.75) is 19.8 Å². The van der Waals surface area contributed by atoms with E-state index in [9.17, 15) is 4.39 Å². The zero-order valence-electron chi connectivity index (χ0n) is 7.07. The van der Waals surface area contributed by atoms with Gasteiger partial charge >= 0.3 is 0 Å². The molecule has 0 rings (SSSR count). The van der Waals surface area contributed by atoms with E-state index in [1.807, 2.05) is 13.0 Å². The van der Waals surface area contributed by atoms with Crippen molar-refractivity contribution < 1.29 is 4.39 Å². The van der Waals surface area contributed by atoms with Gasteiger partial charge in [-0.2, -0.15) is 0 Å². The normalized spacial score (nSPS) is 11.3. The molecule has 0 unspecified atom stereocenters.